The number of anilines is 1. The molecule has 0 saturated heterocycles. The Morgan fingerprint density at radius 1 is 1.24 bits per heavy atom. The van der Waals surface area contributed by atoms with Crippen LogP contribution in [0.3, 0.4) is 0 Å². The summed E-state index contributed by atoms with van der Waals surface area (Å²) in [6.45, 7) is 2.90. The van der Waals surface area contributed by atoms with Crippen LogP contribution in [0.4, 0.5) is 5.82 Å². The molecule has 21 heavy (non-hydrogen) atoms. The van der Waals surface area contributed by atoms with Crippen LogP contribution < -0.4 is 5.73 Å². The highest BCUT2D eigenvalue weighted by Crippen LogP contribution is 2.26. The van der Waals surface area contributed by atoms with Crippen molar-refractivity contribution in [2.24, 2.45) is 0 Å². The monoisotopic (exact) mass is 399 g/mol. The molecule has 0 spiro atoms. The maximum Gasteiger partial charge on any atom is 0.164 e. The van der Waals surface area contributed by atoms with E-state index >= 15 is 0 Å². The van der Waals surface area contributed by atoms with Crippen LogP contribution in [0.25, 0.3) is 0 Å². The van der Waals surface area contributed by atoms with Gasteiger partial charge in [-0.25, -0.2) is 9.97 Å². The molecule has 1 heterocycles. The highest BCUT2D eigenvalue weighted by atomic mass is 127. The van der Waals surface area contributed by atoms with Crippen LogP contribution in [0, 0.1) is 3.57 Å². The second-order valence-electron chi connectivity index (χ2n) is 4.41. The molecule has 0 amide bonds. The summed E-state index contributed by atoms with van der Waals surface area (Å²) in [5.41, 5.74) is 7.78. The van der Waals surface area contributed by atoms with Gasteiger partial charge in [0.25, 0.3) is 0 Å². The van der Waals surface area contributed by atoms with Crippen molar-refractivity contribution in [1.82, 2.24) is 9.97 Å². The first-order valence-electron chi connectivity index (χ1n) is 6.64. The molecule has 0 aliphatic rings. The van der Waals surface area contributed by atoms with Gasteiger partial charge in [0.15, 0.2) is 5.82 Å². The third kappa shape index (κ3) is 3.90. The van der Waals surface area contributed by atoms with Crippen LogP contribution in [0.15, 0.2) is 30.3 Å². The van der Waals surface area contributed by atoms with Crippen molar-refractivity contribution in [2.45, 2.75) is 19.6 Å². The fourth-order valence-electron chi connectivity index (χ4n) is 2.00. The van der Waals surface area contributed by atoms with E-state index in [-0.39, 0.29) is 6.10 Å². The van der Waals surface area contributed by atoms with Crippen molar-refractivity contribution < 1.29 is 9.47 Å². The van der Waals surface area contributed by atoms with Gasteiger partial charge < -0.3 is 15.2 Å². The Labute approximate surface area is 138 Å². The fraction of sp³-hybridized carbons (Fsp3) is 0.333. The van der Waals surface area contributed by atoms with Crippen LogP contribution in [0.2, 0.25) is 0 Å². The molecule has 0 fully saturated rings. The molecule has 0 aliphatic carbocycles. The number of methoxy groups -OCH3 is 1. The normalized spacial score (nSPS) is 12.3. The molecular formula is C15H18IN3O2. The molecule has 1 atom stereocenters. The van der Waals surface area contributed by atoms with Gasteiger partial charge in [0.05, 0.1) is 15.9 Å². The Balaban J connectivity index is 2.45. The lowest BCUT2D eigenvalue weighted by Crippen LogP contribution is -2.15. The van der Waals surface area contributed by atoms with E-state index in [1.807, 2.05) is 37.3 Å². The van der Waals surface area contributed by atoms with Gasteiger partial charge in [0.1, 0.15) is 11.9 Å². The van der Waals surface area contributed by atoms with Gasteiger partial charge in [0, 0.05) is 13.7 Å². The van der Waals surface area contributed by atoms with Gasteiger partial charge in [-0.05, 0) is 35.1 Å². The summed E-state index contributed by atoms with van der Waals surface area (Å²) in [5.74, 6) is 1.02. The number of nitrogen functional groups attached to an aromatic ring is 1. The Hall–Kier alpha value is -1.25. The number of ether oxygens (including phenoxy) is 2. The van der Waals surface area contributed by atoms with E-state index in [1.165, 1.54) is 0 Å². The first kappa shape index (κ1) is 16.1. The van der Waals surface area contributed by atoms with Crippen molar-refractivity contribution in [3.05, 3.63) is 51.0 Å². The minimum atomic E-state index is -0.328. The zero-order valence-electron chi connectivity index (χ0n) is 12.0. The molecule has 0 radical (unpaired) electrons. The molecule has 1 aromatic carbocycles. The second kappa shape index (κ2) is 7.67. The summed E-state index contributed by atoms with van der Waals surface area (Å²) < 4.78 is 11.8. The van der Waals surface area contributed by atoms with E-state index in [9.17, 15) is 0 Å². The Morgan fingerprint density at radius 3 is 2.57 bits per heavy atom. The maximum atomic E-state index is 5.99. The van der Waals surface area contributed by atoms with Crippen molar-refractivity contribution in [3.8, 4) is 0 Å². The summed E-state index contributed by atoms with van der Waals surface area (Å²) in [5, 5.41) is 0. The van der Waals surface area contributed by atoms with Crippen LogP contribution in [0.5, 0.6) is 0 Å². The molecule has 112 valence electrons. The largest absolute Gasteiger partial charge is 0.383 e. The van der Waals surface area contributed by atoms with Gasteiger partial charge >= 0.3 is 0 Å². The number of hydrogen-bond acceptors (Lipinski definition) is 5. The van der Waals surface area contributed by atoms with Crippen LogP contribution in [-0.4, -0.2) is 23.7 Å². The van der Waals surface area contributed by atoms with Crippen LogP contribution in [0.1, 0.15) is 30.1 Å². The molecule has 2 rings (SSSR count). The summed E-state index contributed by atoms with van der Waals surface area (Å²) in [7, 11) is 1.63. The summed E-state index contributed by atoms with van der Waals surface area (Å²) in [6.07, 6.45) is -0.328. The minimum Gasteiger partial charge on any atom is -0.383 e. The molecule has 6 heteroatoms. The molecule has 2 N–H and O–H groups in total. The summed E-state index contributed by atoms with van der Waals surface area (Å²) in [4.78, 5) is 8.96. The van der Waals surface area contributed by atoms with Gasteiger partial charge in [-0.1, -0.05) is 30.3 Å². The quantitative estimate of drug-likeness (QED) is 0.757. The van der Waals surface area contributed by atoms with E-state index in [1.54, 1.807) is 7.11 Å². The molecule has 1 aromatic heterocycles. The van der Waals surface area contributed by atoms with Crippen molar-refractivity contribution in [3.63, 3.8) is 0 Å². The van der Waals surface area contributed by atoms with Crippen molar-refractivity contribution >= 4 is 28.4 Å². The van der Waals surface area contributed by atoms with Gasteiger partial charge in [-0.3, -0.25) is 0 Å². The lowest BCUT2D eigenvalue weighted by atomic mass is 10.1. The smallest absolute Gasteiger partial charge is 0.164 e. The molecular weight excluding hydrogens is 381 g/mol. The minimum absolute atomic E-state index is 0.328. The molecule has 0 saturated carbocycles. The van der Waals surface area contributed by atoms with Crippen LogP contribution in [-0.2, 0) is 16.1 Å². The van der Waals surface area contributed by atoms with E-state index < -0.39 is 0 Å². The number of nitrogens with two attached hydrogens (primary N) is 1. The van der Waals surface area contributed by atoms with Crippen molar-refractivity contribution in [2.75, 3.05) is 19.5 Å². The third-order valence-corrected chi connectivity index (χ3v) is 4.09. The van der Waals surface area contributed by atoms with E-state index in [0.29, 0.717) is 24.9 Å². The molecule has 0 aliphatic heterocycles. The lowest BCUT2D eigenvalue weighted by molar-refractivity contribution is 0.0845. The number of rotatable bonds is 6. The predicted molar refractivity (Wildman–Crippen MR) is 89.8 cm³/mol. The maximum absolute atomic E-state index is 5.99. The SMILES string of the molecule is CCOC(c1ccccc1)c1nc(N)c(I)c(COC)n1. The summed E-state index contributed by atoms with van der Waals surface area (Å²) in [6, 6.07) is 9.88. The van der Waals surface area contributed by atoms with Crippen LogP contribution >= 0.6 is 22.6 Å². The standard InChI is InChI=1S/C15H18IN3O2/c1-3-21-13(10-7-5-4-6-8-10)15-18-11(9-20-2)12(16)14(17)19-15/h4-8,13H,3,9H2,1-2H3,(H2,17,18,19). The molecule has 0 bridgehead atoms. The van der Waals surface area contributed by atoms with E-state index in [0.717, 1.165) is 14.8 Å². The van der Waals surface area contributed by atoms with Gasteiger partial charge in [0.2, 0.25) is 0 Å². The zero-order valence-corrected chi connectivity index (χ0v) is 14.2. The van der Waals surface area contributed by atoms with Gasteiger partial charge in [-0.15, -0.1) is 0 Å². The zero-order chi connectivity index (χ0) is 15.2. The second-order valence-corrected chi connectivity index (χ2v) is 5.49. The average molecular weight is 399 g/mol. The predicted octanol–water partition coefficient (Wildman–Crippen LogP) is 2.94. The topological polar surface area (TPSA) is 70.3 Å². The number of benzene rings is 1. The van der Waals surface area contributed by atoms with E-state index in [4.69, 9.17) is 15.2 Å². The number of halogens is 1. The Bertz CT molecular complexity index is 593. The lowest BCUT2D eigenvalue weighted by Gasteiger charge is -2.18. The highest BCUT2D eigenvalue weighted by molar-refractivity contribution is 14.1. The number of nitrogens with zero attached hydrogens (tertiary/aromatic N) is 2. The highest BCUT2D eigenvalue weighted by Gasteiger charge is 2.20. The molecule has 5 nitrogen and oxygen atoms in total. The molecule has 1 unspecified atom stereocenters. The average Bonchev–Trinajstić information content (AvgIpc) is 2.50. The van der Waals surface area contributed by atoms with Crippen molar-refractivity contribution in [1.29, 1.82) is 0 Å². The Kier molecular flexibility index (Phi) is 5.89. The first-order chi connectivity index (χ1) is 10.2. The van der Waals surface area contributed by atoms with Gasteiger partial charge in [-0.2, -0.15) is 0 Å². The molecule has 2 aromatic rings. The number of aromatic nitrogens is 2. The Morgan fingerprint density at radius 2 is 1.95 bits per heavy atom. The number of hydrogen-bond donors (Lipinski definition) is 1. The fourth-order valence-corrected chi connectivity index (χ4v) is 2.39. The van der Waals surface area contributed by atoms with E-state index in [2.05, 4.69) is 32.6 Å². The third-order valence-electron chi connectivity index (χ3n) is 2.91. The summed E-state index contributed by atoms with van der Waals surface area (Å²) >= 11 is 2.13. The first-order valence-corrected chi connectivity index (χ1v) is 7.72.